The van der Waals surface area contributed by atoms with Crippen molar-refractivity contribution in [2.75, 3.05) is 5.32 Å². The second-order valence-electron chi connectivity index (χ2n) is 6.43. The number of hydrogen-bond donors (Lipinski definition) is 2. The number of hydrogen-bond acceptors (Lipinski definition) is 3. The normalized spacial score (nSPS) is 16.3. The van der Waals surface area contributed by atoms with Crippen molar-refractivity contribution < 1.29 is 9.59 Å². The van der Waals surface area contributed by atoms with Gasteiger partial charge in [0.2, 0.25) is 0 Å². The predicted octanol–water partition coefficient (Wildman–Crippen LogP) is 4.66. The van der Waals surface area contributed by atoms with Crippen molar-refractivity contribution in [3.63, 3.8) is 0 Å². The monoisotopic (exact) mass is 376 g/mol. The molecular formula is C19H21ClN2O2S. The van der Waals surface area contributed by atoms with Crippen LogP contribution in [0.5, 0.6) is 0 Å². The smallest absolute Gasteiger partial charge is 0.256 e. The summed E-state index contributed by atoms with van der Waals surface area (Å²) in [5, 5.41) is 3.91. The van der Waals surface area contributed by atoms with Gasteiger partial charge in [-0.15, -0.1) is 11.3 Å². The van der Waals surface area contributed by atoms with Crippen LogP contribution in [0.2, 0.25) is 5.02 Å². The summed E-state index contributed by atoms with van der Waals surface area (Å²) in [6, 6.07) is 6.73. The summed E-state index contributed by atoms with van der Waals surface area (Å²) < 4.78 is 0. The highest BCUT2D eigenvalue weighted by Crippen LogP contribution is 2.40. The minimum Gasteiger partial charge on any atom is -0.365 e. The molecule has 1 atom stereocenters. The van der Waals surface area contributed by atoms with Crippen LogP contribution in [0, 0.1) is 5.92 Å². The lowest BCUT2D eigenvalue weighted by molar-refractivity contribution is 0.1000. The molecule has 2 aromatic rings. The first-order valence-corrected chi connectivity index (χ1v) is 9.70. The molecule has 6 heteroatoms. The number of benzene rings is 1. The average Bonchev–Trinajstić information content (AvgIpc) is 2.92. The zero-order chi connectivity index (χ0) is 18.0. The van der Waals surface area contributed by atoms with Crippen molar-refractivity contribution in [1.82, 2.24) is 0 Å². The number of primary amides is 1. The Morgan fingerprint density at radius 3 is 2.88 bits per heavy atom. The lowest BCUT2D eigenvalue weighted by Crippen LogP contribution is -2.20. The molecule has 0 radical (unpaired) electrons. The van der Waals surface area contributed by atoms with Gasteiger partial charge in [0, 0.05) is 15.5 Å². The first-order chi connectivity index (χ1) is 12.0. The Kier molecular flexibility index (Phi) is 5.45. The third-order valence-electron chi connectivity index (χ3n) is 4.62. The zero-order valence-electron chi connectivity index (χ0n) is 14.1. The fourth-order valence-electron chi connectivity index (χ4n) is 3.46. The predicted molar refractivity (Wildman–Crippen MR) is 103 cm³/mol. The van der Waals surface area contributed by atoms with Gasteiger partial charge in [0.05, 0.1) is 5.56 Å². The van der Waals surface area contributed by atoms with E-state index in [1.165, 1.54) is 22.6 Å². The summed E-state index contributed by atoms with van der Waals surface area (Å²) in [7, 11) is 0. The van der Waals surface area contributed by atoms with Crippen LogP contribution in [0.25, 0.3) is 0 Å². The topological polar surface area (TPSA) is 72.2 Å². The Labute approximate surface area is 156 Å². The Morgan fingerprint density at radius 1 is 1.40 bits per heavy atom. The molecule has 1 aliphatic rings. The summed E-state index contributed by atoms with van der Waals surface area (Å²) in [5.41, 5.74) is 7.56. The van der Waals surface area contributed by atoms with E-state index in [2.05, 4.69) is 12.2 Å². The van der Waals surface area contributed by atoms with E-state index in [0.717, 1.165) is 31.2 Å². The summed E-state index contributed by atoms with van der Waals surface area (Å²) in [6.07, 6.45) is 5.22. The van der Waals surface area contributed by atoms with E-state index < -0.39 is 5.91 Å². The van der Waals surface area contributed by atoms with Gasteiger partial charge in [-0.05, 0) is 48.9 Å². The van der Waals surface area contributed by atoms with Crippen molar-refractivity contribution in [2.45, 2.75) is 39.0 Å². The van der Waals surface area contributed by atoms with E-state index in [0.29, 0.717) is 27.1 Å². The van der Waals surface area contributed by atoms with Crippen LogP contribution in [-0.4, -0.2) is 11.8 Å². The van der Waals surface area contributed by atoms with E-state index in [4.69, 9.17) is 17.3 Å². The van der Waals surface area contributed by atoms with Gasteiger partial charge in [-0.3, -0.25) is 9.59 Å². The molecule has 132 valence electrons. The Bertz CT molecular complexity index is 816. The molecule has 0 spiro atoms. The molecular weight excluding hydrogens is 356 g/mol. The van der Waals surface area contributed by atoms with E-state index in [9.17, 15) is 9.59 Å². The number of carbonyl (C=O) groups is 2. The second-order valence-corrected chi connectivity index (χ2v) is 7.98. The second kappa shape index (κ2) is 7.58. The molecule has 1 aliphatic carbocycles. The van der Waals surface area contributed by atoms with Gasteiger partial charge in [-0.2, -0.15) is 0 Å². The molecule has 1 unspecified atom stereocenters. The fraction of sp³-hybridized carbons (Fsp3) is 0.368. The SMILES string of the molecule is CCCC1CCc2c(sc(NC(=O)c3cccc(Cl)c3)c2C(N)=O)C1. The van der Waals surface area contributed by atoms with Crippen LogP contribution < -0.4 is 11.1 Å². The van der Waals surface area contributed by atoms with Crippen LogP contribution >= 0.6 is 22.9 Å². The number of halogens is 1. The number of nitrogens with two attached hydrogens (primary N) is 1. The molecule has 0 aliphatic heterocycles. The lowest BCUT2D eigenvalue weighted by atomic mass is 9.84. The Morgan fingerprint density at radius 2 is 2.20 bits per heavy atom. The highest BCUT2D eigenvalue weighted by atomic mass is 35.5. The standard InChI is InChI=1S/C19H21ClN2O2S/c1-2-4-11-7-8-14-15(9-11)25-19(16(14)17(21)23)22-18(24)12-5-3-6-13(20)10-12/h3,5-6,10-11H,2,4,7-9H2,1H3,(H2,21,23)(H,22,24). The fourth-order valence-corrected chi connectivity index (χ4v) is 5.02. The van der Waals surface area contributed by atoms with Gasteiger partial charge < -0.3 is 11.1 Å². The summed E-state index contributed by atoms with van der Waals surface area (Å²) in [5.74, 6) is -0.116. The highest BCUT2D eigenvalue weighted by molar-refractivity contribution is 7.17. The first kappa shape index (κ1) is 18.0. The van der Waals surface area contributed by atoms with Crippen LogP contribution in [-0.2, 0) is 12.8 Å². The lowest BCUT2D eigenvalue weighted by Gasteiger charge is -2.21. The Hall–Kier alpha value is -1.85. The van der Waals surface area contributed by atoms with Crippen LogP contribution in [0.15, 0.2) is 24.3 Å². The van der Waals surface area contributed by atoms with Crippen LogP contribution in [0.1, 0.15) is 57.3 Å². The number of thiophene rings is 1. The minimum absolute atomic E-state index is 0.284. The van der Waals surface area contributed by atoms with E-state index in [1.54, 1.807) is 24.3 Å². The largest absolute Gasteiger partial charge is 0.365 e. The van der Waals surface area contributed by atoms with Crippen molar-refractivity contribution in [3.05, 3.63) is 50.9 Å². The third-order valence-corrected chi connectivity index (χ3v) is 6.03. The van der Waals surface area contributed by atoms with Crippen LogP contribution in [0.3, 0.4) is 0 Å². The van der Waals surface area contributed by atoms with Gasteiger partial charge in [0.15, 0.2) is 0 Å². The molecule has 0 bridgehead atoms. The average molecular weight is 377 g/mol. The van der Waals surface area contributed by atoms with Gasteiger partial charge in [-0.25, -0.2) is 0 Å². The number of nitrogens with one attached hydrogen (secondary N) is 1. The van der Waals surface area contributed by atoms with Gasteiger partial charge in [0.1, 0.15) is 5.00 Å². The molecule has 0 saturated carbocycles. The minimum atomic E-state index is -0.479. The van der Waals surface area contributed by atoms with Crippen molar-refractivity contribution in [2.24, 2.45) is 11.7 Å². The third kappa shape index (κ3) is 3.88. The number of fused-ring (bicyclic) bond motifs is 1. The zero-order valence-corrected chi connectivity index (χ0v) is 15.7. The maximum Gasteiger partial charge on any atom is 0.256 e. The van der Waals surface area contributed by atoms with Crippen LogP contribution in [0.4, 0.5) is 5.00 Å². The van der Waals surface area contributed by atoms with Crippen molar-refractivity contribution in [3.8, 4) is 0 Å². The van der Waals surface area contributed by atoms with Gasteiger partial charge in [0.25, 0.3) is 11.8 Å². The Balaban J connectivity index is 1.89. The number of amides is 2. The molecule has 4 nitrogen and oxygen atoms in total. The van der Waals surface area contributed by atoms with Gasteiger partial charge in [-0.1, -0.05) is 37.4 Å². The molecule has 3 rings (SSSR count). The first-order valence-electron chi connectivity index (χ1n) is 8.50. The van der Waals surface area contributed by atoms with Gasteiger partial charge >= 0.3 is 0 Å². The summed E-state index contributed by atoms with van der Waals surface area (Å²) in [4.78, 5) is 25.7. The number of carbonyl (C=O) groups excluding carboxylic acids is 2. The molecule has 1 aromatic carbocycles. The van der Waals surface area contributed by atoms with E-state index in [-0.39, 0.29) is 5.91 Å². The number of rotatable bonds is 5. The highest BCUT2D eigenvalue weighted by Gasteiger charge is 2.28. The maximum absolute atomic E-state index is 12.5. The molecule has 2 amide bonds. The molecule has 3 N–H and O–H groups in total. The molecule has 0 fully saturated rings. The molecule has 1 heterocycles. The van der Waals surface area contributed by atoms with Crippen molar-refractivity contribution >= 4 is 39.8 Å². The van der Waals surface area contributed by atoms with Crippen molar-refractivity contribution in [1.29, 1.82) is 0 Å². The van der Waals surface area contributed by atoms with E-state index in [1.807, 2.05) is 0 Å². The molecule has 0 saturated heterocycles. The van der Waals surface area contributed by atoms with E-state index >= 15 is 0 Å². The molecule has 25 heavy (non-hydrogen) atoms. The maximum atomic E-state index is 12.5. The summed E-state index contributed by atoms with van der Waals surface area (Å²) >= 11 is 7.43. The quantitative estimate of drug-likeness (QED) is 0.796. The summed E-state index contributed by atoms with van der Waals surface area (Å²) in [6.45, 7) is 2.19. The number of anilines is 1. The molecule has 1 aromatic heterocycles.